The number of aryl methyl sites for hydroxylation is 1. The molecule has 1 fully saturated rings. The van der Waals surface area contributed by atoms with Gasteiger partial charge in [-0.3, -0.25) is 19.8 Å². The molecule has 0 aromatic heterocycles. The number of benzene rings is 3. The lowest BCUT2D eigenvalue weighted by molar-refractivity contribution is -0.142. The van der Waals surface area contributed by atoms with Crippen LogP contribution >= 0.6 is 31.9 Å². The molecule has 3 amide bonds. The molecule has 3 aliphatic carbocycles. The maximum atomic E-state index is 13.8. The van der Waals surface area contributed by atoms with Crippen LogP contribution in [-0.4, -0.2) is 22.7 Å². The number of hydrogen-bond acceptors (Lipinski definition) is 3. The summed E-state index contributed by atoms with van der Waals surface area (Å²) in [5.74, 6) is -2.76. The minimum Gasteiger partial charge on any atom is -0.272 e. The molecule has 0 unspecified atom stereocenters. The number of amides is 3. The SMILES string of the molecule is Cc1ccccc1C(=O)NN1C(=O)[C@H]2[C@H](C1=O)C1(Br)c3ccccc3C2(Br)c2ccccc21. The molecule has 7 rings (SSSR count). The van der Waals surface area contributed by atoms with E-state index in [2.05, 4.69) is 37.3 Å². The van der Waals surface area contributed by atoms with Crippen molar-refractivity contribution in [2.45, 2.75) is 15.6 Å². The third-order valence-corrected chi connectivity index (χ3v) is 9.88. The Kier molecular flexibility index (Phi) is 4.33. The van der Waals surface area contributed by atoms with Crippen molar-refractivity contribution in [1.82, 2.24) is 10.4 Å². The van der Waals surface area contributed by atoms with E-state index in [0.29, 0.717) is 5.56 Å². The largest absolute Gasteiger partial charge is 0.272 e. The van der Waals surface area contributed by atoms with Crippen molar-refractivity contribution in [2.75, 3.05) is 0 Å². The van der Waals surface area contributed by atoms with Crippen LogP contribution in [0.1, 0.15) is 38.2 Å². The fraction of sp³-hybridized carbons (Fsp3) is 0.192. The van der Waals surface area contributed by atoms with Crippen LogP contribution in [0, 0.1) is 18.8 Å². The Bertz CT molecular complexity index is 1260. The molecule has 0 radical (unpaired) electrons. The van der Waals surface area contributed by atoms with E-state index in [1.54, 1.807) is 12.1 Å². The van der Waals surface area contributed by atoms with Gasteiger partial charge in [-0.05, 0) is 40.8 Å². The summed E-state index contributed by atoms with van der Waals surface area (Å²) in [7, 11) is 0. The number of alkyl halides is 2. The molecule has 4 aliphatic rings. The van der Waals surface area contributed by atoms with Crippen molar-refractivity contribution in [1.29, 1.82) is 0 Å². The number of halogens is 2. The molecule has 0 saturated carbocycles. The zero-order chi connectivity index (χ0) is 23.1. The van der Waals surface area contributed by atoms with Crippen molar-refractivity contribution < 1.29 is 14.4 Å². The number of nitrogens with one attached hydrogen (secondary N) is 1. The molecule has 33 heavy (non-hydrogen) atoms. The van der Waals surface area contributed by atoms with E-state index in [4.69, 9.17) is 0 Å². The highest BCUT2D eigenvalue weighted by molar-refractivity contribution is 9.10. The second kappa shape index (κ2) is 6.87. The number of hydrogen-bond donors (Lipinski definition) is 1. The highest BCUT2D eigenvalue weighted by Gasteiger charge is 2.72. The Balaban J connectivity index is 1.51. The molecule has 3 aromatic rings. The second-order valence-electron chi connectivity index (χ2n) is 8.74. The van der Waals surface area contributed by atoms with Gasteiger partial charge in [-0.15, -0.1) is 0 Å². The van der Waals surface area contributed by atoms with Gasteiger partial charge in [0, 0.05) is 5.56 Å². The smallest absolute Gasteiger partial charge is 0.270 e. The van der Waals surface area contributed by atoms with Gasteiger partial charge in [0.2, 0.25) is 0 Å². The van der Waals surface area contributed by atoms with Crippen molar-refractivity contribution in [2.24, 2.45) is 11.8 Å². The summed E-state index contributed by atoms with van der Waals surface area (Å²) < 4.78 is -1.76. The molecule has 2 atom stereocenters. The summed E-state index contributed by atoms with van der Waals surface area (Å²) in [5, 5.41) is 0.924. The first kappa shape index (κ1) is 20.8. The summed E-state index contributed by atoms with van der Waals surface area (Å²) in [6.07, 6.45) is 0. The molecular weight excluding hydrogens is 548 g/mol. The number of carbonyl (C=O) groups is 3. The number of nitrogens with zero attached hydrogens (tertiary/aromatic N) is 1. The Labute approximate surface area is 207 Å². The van der Waals surface area contributed by atoms with Crippen LogP contribution in [0.15, 0.2) is 72.8 Å². The van der Waals surface area contributed by atoms with Crippen LogP contribution in [-0.2, 0) is 18.2 Å². The van der Waals surface area contributed by atoms with Crippen LogP contribution in [0.25, 0.3) is 0 Å². The van der Waals surface area contributed by atoms with Crippen LogP contribution in [0.3, 0.4) is 0 Å². The van der Waals surface area contributed by atoms with Crippen molar-refractivity contribution in [3.8, 4) is 0 Å². The predicted molar refractivity (Wildman–Crippen MR) is 130 cm³/mol. The number of hydrazine groups is 1. The van der Waals surface area contributed by atoms with Gasteiger partial charge in [-0.2, -0.15) is 5.01 Å². The fourth-order valence-electron chi connectivity index (χ4n) is 5.77. The Hall–Kier alpha value is -2.77. The highest BCUT2D eigenvalue weighted by Crippen LogP contribution is 2.70. The van der Waals surface area contributed by atoms with Crippen molar-refractivity contribution in [3.05, 3.63) is 106 Å². The number of carbonyl (C=O) groups excluding carboxylic acids is 3. The maximum absolute atomic E-state index is 13.8. The van der Waals surface area contributed by atoms with E-state index in [0.717, 1.165) is 32.8 Å². The van der Waals surface area contributed by atoms with E-state index < -0.39 is 38.2 Å². The molecule has 0 spiro atoms. The molecule has 1 aliphatic heterocycles. The molecule has 7 heteroatoms. The first-order valence-corrected chi connectivity index (χ1v) is 12.2. The third-order valence-electron chi connectivity index (χ3n) is 7.19. The Morgan fingerprint density at radius 3 is 1.58 bits per heavy atom. The van der Waals surface area contributed by atoms with Gasteiger partial charge in [-0.25, -0.2) is 0 Å². The van der Waals surface area contributed by atoms with E-state index in [9.17, 15) is 14.4 Å². The monoisotopic (exact) mass is 564 g/mol. The van der Waals surface area contributed by atoms with E-state index in [1.165, 1.54) is 0 Å². The normalized spacial score (nSPS) is 28.9. The molecular formula is C26H18Br2N2O3. The van der Waals surface area contributed by atoms with Gasteiger partial charge in [0.15, 0.2) is 0 Å². The number of imide groups is 1. The summed E-state index contributed by atoms with van der Waals surface area (Å²) in [5.41, 5.74) is 7.60. The average Bonchev–Trinajstić information content (AvgIpc) is 3.08. The lowest BCUT2D eigenvalue weighted by atomic mass is 9.54. The minimum atomic E-state index is -0.880. The zero-order valence-electron chi connectivity index (χ0n) is 17.5. The van der Waals surface area contributed by atoms with Gasteiger partial charge in [0.05, 0.1) is 20.5 Å². The molecule has 164 valence electrons. The van der Waals surface area contributed by atoms with Crippen LogP contribution in [0.4, 0.5) is 0 Å². The van der Waals surface area contributed by atoms with Gasteiger partial charge in [-0.1, -0.05) is 98.6 Å². The van der Waals surface area contributed by atoms with E-state index >= 15 is 0 Å². The second-order valence-corrected chi connectivity index (χ2v) is 11.2. The van der Waals surface area contributed by atoms with Crippen LogP contribution in [0.2, 0.25) is 0 Å². The highest BCUT2D eigenvalue weighted by atomic mass is 79.9. The number of rotatable bonds is 2. The van der Waals surface area contributed by atoms with Crippen molar-refractivity contribution in [3.63, 3.8) is 0 Å². The fourth-order valence-corrected chi connectivity index (χ4v) is 8.07. The van der Waals surface area contributed by atoms with E-state index in [-0.39, 0.29) is 0 Å². The molecule has 2 bridgehead atoms. The quantitative estimate of drug-likeness (QED) is 0.366. The molecule has 1 saturated heterocycles. The summed E-state index contributed by atoms with van der Waals surface area (Å²) in [6.45, 7) is 1.82. The van der Waals surface area contributed by atoms with Crippen LogP contribution < -0.4 is 5.43 Å². The van der Waals surface area contributed by atoms with E-state index in [1.807, 2.05) is 67.6 Å². The topological polar surface area (TPSA) is 66.5 Å². The maximum Gasteiger partial charge on any atom is 0.270 e. The van der Waals surface area contributed by atoms with Crippen LogP contribution in [0.5, 0.6) is 0 Å². The van der Waals surface area contributed by atoms with Gasteiger partial charge >= 0.3 is 0 Å². The first-order valence-electron chi connectivity index (χ1n) is 10.6. The lowest BCUT2D eigenvalue weighted by Gasteiger charge is -2.55. The summed E-state index contributed by atoms with van der Waals surface area (Å²) in [4.78, 5) is 40.6. The molecule has 1 heterocycles. The minimum absolute atomic E-state index is 0.420. The summed E-state index contributed by atoms with van der Waals surface area (Å²) >= 11 is 7.89. The zero-order valence-corrected chi connectivity index (χ0v) is 20.7. The van der Waals surface area contributed by atoms with Gasteiger partial charge in [0.25, 0.3) is 17.7 Å². The third kappa shape index (κ3) is 2.44. The lowest BCUT2D eigenvalue weighted by Crippen LogP contribution is -2.56. The van der Waals surface area contributed by atoms with Gasteiger partial charge < -0.3 is 0 Å². The summed E-state index contributed by atoms with van der Waals surface area (Å²) in [6, 6.07) is 22.8. The molecule has 1 N–H and O–H groups in total. The standard InChI is InChI=1S/C26H18Br2N2O3/c1-14-8-2-3-9-15(14)22(31)29-30-23(32)20-21(24(30)33)26(28)17-11-5-4-10-16(17)25(20,27)18-12-6-7-13-19(18)26/h2-13,20-21H,1H3,(H,29,31)/t20-,21-,25?,26?/m1/s1. The van der Waals surface area contributed by atoms with Gasteiger partial charge in [0.1, 0.15) is 0 Å². The predicted octanol–water partition coefficient (Wildman–Crippen LogP) is 4.55. The Morgan fingerprint density at radius 2 is 1.15 bits per heavy atom. The molecule has 3 aromatic carbocycles. The van der Waals surface area contributed by atoms with Crippen molar-refractivity contribution >= 4 is 49.6 Å². The molecule has 5 nitrogen and oxygen atoms in total. The Morgan fingerprint density at radius 1 is 0.758 bits per heavy atom. The first-order chi connectivity index (χ1) is 15.8. The average molecular weight is 566 g/mol.